The molecule has 2 aliphatic heterocycles. The first-order chi connectivity index (χ1) is 17.0. The Morgan fingerprint density at radius 1 is 1.31 bits per heavy atom. The Bertz CT molecular complexity index is 1160. The molecule has 9 nitrogen and oxygen atoms in total. The van der Waals surface area contributed by atoms with Crippen LogP contribution in [0.4, 0.5) is 4.79 Å². The molecule has 10 heteroatoms. The molecule has 0 saturated heterocycles. The Balaban J connectivity index is 1.34. The first kappa shape index (κ1) is 23.4. The van der Waals surface area contributed by atoms with E-state index in [4.69, 9.17) is 21.1 Å². The highest BCUT2D eigenvalue weighted by Gasteiger charge is 2.42. The Labute approximate surface area is 208 Å². The van der Waals surface area contributed by atoms with E-state index in [2.05, 4.69) is 15.4 Å². The number of ether oxygens (including phenoxy) is 2. The molecule has 1 aromatic carbocycles. The van der Waals surface area contributed by atoms with Crippen molar-refractivity contribution in [2.24, 2.45) is 5.92 Å². The maximum Gasteiger partial charge on any atom is 0.410 e. The summed E-state index contributed by atoms with van der Waals surface area (Å²) in [7, 11) is 0. The fraction of sp³-hybridized carbons (Fsp3) is 0.400. The van der Waals surface area contributed by atoms with Crippen LogP contribution < -0.4 is 10.1 Å². The number of halogens is 1. The second kappa shape index (κ2) is 10.1. The molecule has 3 aliphatic rings. The summed E-state index contributed by atoms with van der Waals surface area (Å²) in [5.74, 6) is 0.856. The van der Waals surface area contributed by atoms with Crippen LogP contribution in [0.3, 0.4) is 0 Å². The van der Waals surface area contributed by atoms with Gasteiger partial charge in [-0.3, -0.25) is 9.58 Å². The number of amides is 1. The largest absolute Gasteiger partial charge is 0.491 e. The lowest BCUT2D eigenvalue weighted by atomic mass is 9.85. The zero-order valence-electron chi connectivity index (χ0n) is 19.4. The molecule has 1 aliphatic carbocycles. The van der Waals surface area contributed by atoms with Crippen molar-refractivity contribution in [1.29, 1.82) is 0 Å². The number of hydrogen-bond acceptors (Lipinski definition) is 7. The number of benzene rings is 1. The van der Waals surface area contributed by atoms with E-state index in [9.17, 15) is 9.90 Å². The van der Waals surface area contributed by atoms with Gasteiger partial charge in [-0.15, -0.1) is 0 Å². The maximum absolute atomic E-state index is 12.9. The monoisotopic (exact) mass is 497 g/mol. The van der Waals surface area contributed by atoms with Crippen LogP contribution in [0.1, 0.15) is 31.4 Å². The molecular formula is C25H28ClN5O4. The van der Waals surface area contributed by atoms with E-state index in [-0.39, 0.29) is 24.7 Å². The molecule has 2 N–H and O–H groups in total. The van der Waals surface area contributed by atoms with E-state index < -0.39 is 6.10 Å². The van der Waals surface area contributed by atoms with Gasteiger partial charge in [-0.2, -0.15) is 5.10 Å². The molecule has 2 aromatic rings. The summed E-state index contributed by atoms with van der Waals surface area (Å²) < 4.78 is 12.7. The van der Waals surface area contributed by atoms with E-state index >= 15 is 0 Å². The number of aromatic nitrogens is 3. The molecule has 0 spiro atoms. The zero-order chi connectivity index (χ0) is 24.4. The van der Waals surface area contributed by atoms with Crippen molar-refractivity contribution < 1.29 is 19.4 Å². The van der Waals surface area contributed by atoms with Crippen molar-refractivity contribution in [3.05, 3.63) is 76.6 Å². The number of fused-ring (bicyclic) bond motifs is 2. The molecule has 1 amide bonds. The second-order valence-electron chi connectivity index (χ2n) is 8.75. The smallest absolute Gasteiger partial charge is 0.410 e. The van der Waals surface area contributed by atoms with E-state index in [0.717, 1.165) is 34.8 Å². The van der Waals surface area contributed by atoms with Crippen molar-refractivity contribution in [3.8, 4) is 5.75 Å². The van der Waals surface area contributed by atoms with Crippen LogP contribution in [0.15, 0.2) is 71.1 Å². The van der Waals surface area contributed by atoms with Crippen LogP contribution in [0.5, 0.6) is 5.75 Å². The first-order valence-corrected chi connectivity index (χ1v) is 12.1. The predicted octanol–water partition coefficient (Wildman–Crippen LogP) is 3.51. The summed E-state index contributed by atoms with van der Waals surface area (Å²) in [5.41, 5.74) is 4.39. The molecule has 0 radical (unpaired) electrons. The number of nitrogens with zero attached hydrogens (tertiary/aromatic N) is 4. The minimum Gasteiger partial charge on any atom is -0.491 e. The third-order valence-electron chi connectivity index (χ3n) is 6.48. The Hall–Kier alpha value is -3.30. The van der Waals surface area contributed by atoms with Crippen LogP contribution in [0, 0.1) is 5.92 Å². The van der Waals surface area contributed by atoms with Crippen molar-refractivity contribution >= 4 is 17.7 Å². The Morgan fingerprint density at radius 3 is 2.89 bits per heavy atom. The minimum absolute atomic E-state index is 0.123. The van der Waals surface area contributed by atoms with Gasteiger partial charge in [-0.1, -0.05) is 23.7 Å². The number of carbonyl (C=O) groups excluding carboxylic acids is 1. The van der Waals surface area contributed by atoms with Crippen molar-refractivity contribution in [2.75, 3.05) is 19.8 Å². The van der Waals surface area contributed by atoms with Gasteiger partial charge in [0.05, 0.1) is 13.2 Å². The van der Waals surface area contributed by atoms with Crippen LogP contribution in [-0.2, 0) is 11.3 Å². The minimum atomic E-state index is -0.721. The number of allylic oxidation sites excluding steroid dienone is 4. The number of aliphatic hydroxyl groups is 1. The summed E-state index contributed by atoms with van der Waals surface area (Å²) >= 11 is 6.34. The molecule has 35 heavy (non-hydrogen) atoms. The number of rotatable bonds is 7. The lowest BCUT2D eigenvalue weighted by molar-refractivity contribution is 0.0888. The highest BCUT2D eigenvalue weighted by Crippen LogP contribution is 2.47. The lowest BCUT2D eigenvalue weighted by Crippen LogP contribution is -2.41. The summed E-state index contributed by atoms with van der Waals surface area (Å²) in [4.78, 5) is 18.5. The topological polar surface area (TPSA) is 102 Å². The van der Waals surface area contributed by atoms with Gasteiger partial charge in [-0.05, 0) is 55.2 Å². The van der Waals surface area contributed by atoms with Gasteiger partial charge in [0, 0.05) is 28.9 Å². The quantitative estimate of drug-likeness (QED) is 0.603. The van der Waals surface area contributed by atoms with E-state index in [0.29, 0.717) is 25.4 Å². The van der Waals surface area contributed by atoms with Crippen molar-refractivity contribution in [2.45, 2.75) is 38.5 Å². The molecule has 0 fully saturated rings. The third-order valence-corrected chi connectivity index (χ3v) is 6.76. The van der Waals surface area contributed by atoms with Gasteiger partial charge < -0.3 is 19.9 Å². The van der Waals surface area contributed by atoms with Crippen LogP contribution >= 0.6 is 11.6 Å². The predicted molar refractivity (Wildman–Crippen MR) is 129 cm³/mol. The zero-order valence-corrected chi connectivity index (χ0v) is 20.2. The lowest BCUT2D eigenvalue weighted by Gasteiger charge is -2.36. The second-order valence-corrected chi connectivity index (χ2v) is 9.24. The number of hydrogen-bond donors (Lipinski definition) is 2. The van der Waals surface area contributed by atoms with Gasteiger partial charge in [-0.25, -0.2) is 9.78 Å². The SMILES string of the molecule is CCOC(=O)N1CCC2=C(NC3=CC=C(Cl)CC32)C1c1ccc(OCC(O)Cn2cncn2)cc1. The van der Waals surface area contributed by atoms with Gasteiger partial charge in [0.1, 0.15) is 37.2 Å². The van der Waals surface area contributed by atoms with Gasteiger partial charge in [0.2, 0.25) is 0 Å². The van der Waals surface area contributed by atoms with Crippen LogP contribution in [0.25, 0.3) is 0 Å². The summed E-state index contributed by atoms with van der Waals surface area (Å²) in [6, 6.07) is 7.32. The molecule has 5 rings (SSSR count). The molecule has 3 heterocycles. The summed E-state index contributed by atoms with van der Waals surface area (Å²) in [6.45, 7) is 3.12. The molecule has 184 valence electrons. The standard InChI is InChI=1S/C25H28ClN5O4/c1-2-34-25(33)31-10-9-20-21-11-17(26)5-8-22(21)29-23(20)24(31)16-3-6-19(7-4-16)35-13-18(32)12-30-15-27-14-28-30/h3-8,14-15,18,21,24,29,32H,2,9-13H2,1H3. The third kappa shape index (κ3) is 4.92. The molecule has 3 unspecified atom stereocenters. The van der Waals surface area contributed by atoms with Crippen molar-refractivity contribution in [3.63, 3.8) is 0 Å². The Morgan fingerprint density at radius 2 is 2.14 bits per heavy atom. The number of carbonyl (C=O) groups is 1. The Kier molecular flexibility index (Phi) is 6.79. The normalized spacial score (nSPS) is 22.0. The summed E-state index contributed by atoms with van der Waals surface area (Å²) in [5, 5.41) is 18.6. The number of aliphatic hydroxyl groups excluding tert-OH is 1. The fourth-order valence-electron chi connectivity index (χ4n) is 4.90. The van der Waals surface area contributed by atoms with E-state index in [1.165, 1.54) is 11.9 Å². The molecule has 3 atom stereocenters. The fourth-order valence-corrected chi connectivity index (χ4v) is 5.11. The van der Waals surface area contributed by atoms with Gasteiger partial charge in [0.15, 0.2) is 0 Å². The molecule has 0 saturated carbocycles. The first-order valence-electron chi connectivity index (χ1n) is 11.8. The average molecular weight is 498 g/mol. The molecular weight excluding hydrogens is 470 g/mol. The average Bonchev–Trinajstić information content (AvgIpc) is 3.50. The summed E-state index contributed by atoms with van der Waals surface area (Å²) in [6.07, 6.45) is 7.43. The van der Waals surface area contributed by atoms with Gasteiger partial charge in [0.25, 0.3) is 0 Å². The number of nitrogens with one attached hydrogen (secondary N) is 1. The maximum atomic E-state index is 12.9. The van der Waals surface area contributed by atoms with Crippen LogP contribution in [0.2, 0.25) is 0 Å². The molecule has 1 aromatic heterocycles. The van der Waals surface area contributed by atoms with Gasteiger partial charge >= 0.3 is 6.09 Å². The van der Waals surface area contributed by atoms with Crippen molar-refractivity contribution in [1.82, 2.24) is 25.0 Å². The van der Waals surface area contributed by atoms with E-state index in [1.807, 2.05) is 43.3 Å². The highest BCUT2D eigenvalue weighted by atomic mass is 35.5. The van der Waals surface area contributed by atoms with Crippen LogP contribution in [-0.4, -0.2) is 56.7 Å². The van der Waals surface area contributed by atoms with E-state index in [1.54, 1.807) is 15.9 Å². The highest BCUT2D eigenvalue weighted by molar-refractivity contribution is 6.29. The molecule has 0 bridgehead atoms.